The second kappa shape index (κ2) is 5.32. The molecule has 4 nitrogen and oxygen atoms in total. The van der Waals surface area contributed by atoms with E-state index >= 15 is 0 Å². The third kappa shape index (κ3) is 3.48. The van der Waals surface area contributed by atoms with Gasteiger partial charge in [0, 0.05) is 30.5 Å². The molecular formula is C14H14FN3O. The fourth-order valence-corrected chi connectivity index (χ4v) is 1.64. The van der Waals surface area contributed by atoms with Crippen molar-refractivity contribution in [3.63, 3.8) is 0 Å². The van der Waals surface area contributed by atoms with Gasteiger partial charge in [0.2, 0.25) is 0 Å². The Morgan fingerprint density at radius 2 is 1.84 bits per heavy atom. The van der Waals surface area contributed by atoms with Gasteiger partial charge in [-0.3, -0.25) is 0 Å². The van der Waals surface area contributed by atoms with E-state index in [-0.39, 0.29) is 11.8 Å². The lowest BCUT2D eigenvalue weighted by atomic mass is 10.3. The number of benzene rings is 1. The van der Waals surface area contributed by atoms with Gasteiger partial charge < -0.3 is 10.1 Å². The molecule has 2 aromatic rings. The lowest BCUT2D eigenvalue weighted by Gasteiger charge is -2.05. The molecule has 0 bridgehead atoms. The molecule has 1 aliphatic rings. The van der Waals surface area contributed by atoms with Crippen molar-refractivity contribution in [3.05, 3.63) is 48.0 Å². The van der Waals surface area contributed by atoms with E-state index in [9.17, 15) is 4.39 Å². The van der Waals surface area contributed by atoms with Crippen LogP contribution in [-0.2, 0) is 6.54 Å². The number of hydrogen-bond donors (Lipinski definition) is 1. The van der Waals surface area contributed by atoms with Crippen LogP contribution in [0.3, 0.4) is 0 Å². The van der Waals surface area contributed by atoms with Crippen LogP contribution in [0.4, 0.5) is 4.39 Å². The molecule has 0 atom stereocenters. The maximum Gasteiger partial charge on any atom is 0.321 e. The highest BCUT2D eigenvalue weighted by Gasteiger charge is 2.19. The van der Waals surface area contributed by atoms with Crippen molar-refractivity contribution in [1.82, 2.24) is 15.3 Å². The number of hydrogen-bond acceptors (Lipinski definition) is 4. The van der Waals surface area contributed by atoms with Gasteiger partial charge in [0.15, 0.2) is 0 Å². The maximum atomic E-state index is 12.7. The maximum absolute atomic E-state index is 12.7. The first-order chi connectivity index (χ1) is 9.29. The molecule has 1 aromatic heterocycles. The lowest BCUT2D eigenvalue weighted by molar-refractivity contribution is 0.439. The zero-order valence-corrected chi connectivity index (χ0v) is 10.3. The van der Waals surface area contributed by atoms with Gasteiger partial charge >= 0.3 is 6.01 Å². The summed E-state index contributed by atoms with van der Waals surface area (Å²) in [7, 11) is 0. The Morgan fingerprint density at radius 3 is 2.47 bits per heavy atom. The minimum absolute atomic E-state index is 0.266. The van der Waals surface area contributed by atoms with Crippen LogP contribution in [0.5, 0.6) is 11.8 Å². The first-order valence-electron chi connectivity index (χ1n) is 6.27. The molecule has 0 aliphatic heterocycles. The third-order valence-electron chi connectivity index (χ3n) is 2.88. The summed E-state index contributed by atoms with van der Waals surface area (Å²) in [6.07, 6.45) is 5.99. The fourth-order valence-electron chi connectivity index (χ4n) is 1.64. The largest absolute Gasteiger partial charge is 0.424 e. The monoisotopic (exact) mass is 259 g/mol. The van der Waals surface area contributed by atoms with E-state index in [0.29, 0.717) is 11.8 Å². The first kappa shape index (κ1) is 12.0. The van der Waals surface area contributed by atoms with Gasteiger partial charge in [-0.25, -0.2) is 14.4 Å². The van der Waals surface area contributed by atoms with E-state index in [2.05, 4.69) is 15.3 Å². The topological polar surface area (TPSA) is 47.0 Å². The van der Waals surface area contributed by atoms with Crippen molar-refractivity contribution < 1.29 is 9.13 Å². The van der Waals surface area contributed by atoms with Crippen LogP contribution in [0.25, 0.3) is 0 Å². The molecule has 1 aromatic carbocycles. The van der Waals surface area contributed by atoms with Gasteiger partial charge in [-0.2, -0.15) is 0 Å². The number of nitrogens with zero attached hydrogens (tertiary/aromatic N) is 2. The summed E-state index contributed by atoms with van der Waals surface area (Å²) >= 11 is 0. The van der Waals surface area contributed by atoms with Crippen LogP contribution in [-0.4, -0.2) is 16.0 Å². The van der Waals surface area contributed by atoms with Crippen molar-refractivity contribution in [2.45, 2.75) is 25.4 Å². The summed E-state index contributed by atoms with van der Waals surface area (Å²) in [5.41, 5.74) is 1.03. The molecular weight excluding hydrogens is 245 g/mol. The Labute approximate surface area is 110 Å². The van der Waals surface area contributed by atoms with Crippen LogP contribution < -0.4 is 10.1 Å². The molecule has 0 amide bonds. The molecule has 98 valence electrons. The third-order valence-corrected chi connectivity index (χ3v) is 2.88. The van der Waals surface area contributed by atoms with Gasteiger partial charge in [0.1, 0.15) is 11.6 Å². The lowest BCUT2D eigenvalue weighted by Crippen LogP contribution is -2.15. The summed E-state index contributed by atoms with van der Waals surface area (Å²) in [4.78, 5) is 8.26. The van der Waals surface area contributed by atoms with Crippen LogP contribution in [0, 0.1) is 5.82 Å². The number of halogens is 1. The van der Waals surface area contributed by atoms with Gasteiger partial charge in [-0.05, 0) is 37.1 Å². The van der Waals surface area contributed by atoms with Crippen molar-refractivity contribution >= 4 is 0 Å². The highest BCUT2D eigenvalue weighted by Crippen LogP contribution is 2.20. The number of aromatic nitrogens is 2. The molecule has 1 saturated carbocycles. The predicted molar refractivity (Wildman–Crippen MR) is 68.4 cm³/mol. The second-order valence-electron chi connectivity index (χ2n) is 4.59. The Morgan fingerprint density at radius 1 is 1.16 bits per heavy atom. The van der Waals surface area contributed by atoms with Crippen molar-refractivity contribution in [1.29, 1.82) is 0 Å². The standard InChI is InChI=1S/C14H14FN3O/c15-11-1-5-13(6-2-11)19-14-17-8-10(9-18-14)7-16-12-3-4-12/h1-2,5-6,8-9,12,16H,3-4,7H2. The minimum Gasteiger partial charge on any atom is -0.424 e. The molecule has 1 N–H and O–H groups in total. The van der Waals surface area contributed by atoms with Gasteiger partial charge in [0.25, 0.3) is 0 Å². The highest BCUT2D eigenvalue weighted by atomic mass is 19.1. The first-order valence-corrected chi connectivity index (χ1v) is 6.27. The zero-order chi connectivity index (χ0) is 13.1. The Kier molecular flexibility index (Phi) is 3.37. The van der Waals surface area contributed by atoms with E-state index < -0.39 is 0 Å². The van der Waals surface area contributed by atoms with Gasteiger partial charge in [0.05, 0.1) is 0 Å². The summed E-state index contributed by atoms with van der Waals surface area (Å²) in [5, 5.41) is 3.39. The van der Waals surface area contributed by atoms with E-state index in [4.69, 9.17) is 4.74 Å². The molecule has 1 aliphatic carbocycles. The Balaban J connectivity index is 1.59. The van der Waals surface area contributed by atoms with Crippen molar-refractivity contribution in [2.24, 2.45) is 0 Å². The second-order valence-corrected chi connectivity index (χ2v) is 4.59. The predicted octanol–water partition coefficient (Wildman–Crippen LogP) is 2.66. The van der Waals surface area contributed by atoms with Crippen LogP contribution in [0.1, 0.15) is 18.4 Å². The fraction of sp³-hybridized carbons (Fsp3) is 0.286. The summed E-state index contributed by atoms with van der Waals surface area (Å²) in [5.74, 6) is 0.222. The molecule has 5 heteroatoms. The number of ether oxygens (including phenoxy) is 1. The minimum atomic E-state index is -0.297. The van der Waals surface area contributed by atoms with Crippen molar-refractivity contribution in [3.8, 4) is 11.8 Å². The molecule has 0 saturated heterocycles. The van der Waals surface area contributed by atoms with Crippen LogP contribution in [0.15, 0.2) is 36.7 Å². The average Bonchev–Trinajstić information content (AvgIpc) is 3.25. The van der Waals surface area contributed by atoms with Gasteiger partial charge in [-0.1, -0.05) is 0 Å². The average molecular weight is 259 g/mol. The summed E-state index contributed by atoms with van der Waals surface area (Å²) in [6.45, 7) is 0.779. The van der Waals surface area contributed by atoms with Crippen LogP contribution >= 0.6 is 0 Å². The molecule has 19 heavy (non-hydrogen) atoms. The van der Waals surface area contributed by atoms with E-state index in [1.54, 1.807) is 24.5 Å². The molecule has 0 unspecified atom stereocenters. The normalized spacial score (nSPS) is 14.4. The summed E-state index contributed by atoms with van der Waals surface area (Å²) < 4.78 is 18.2. The van der Waals surface area contributed by atoms with Crippen LogP contribution in [0.2, 0.25) is 0 Å². The zero-order valence-electron chi connectivity index (χ0n) is 10.3. The van der Waals surface area contributed by atoms with Gasteiger partial charge in [-0.15, -0.1) is 0 Å². The smallest absolute Gasteiger partial charge is 0.321 e. The van der Waals surface area contributed by atoms with E-state index in [1.165, 1.54) is 25.0 Å². The van der Waals surface area contributed by atoms with E-state index in [0.717, 1.165) is 12.1 Å². The highest BCUT2D eigenvalue weighted by molar-refractivity contribution is 5.25. The summed E-state index contributed by atoms with van der Waals surface area (Å²) in [6, 6.07) is 6.69. The SMILES string of the molecule is Fc1ccc(Oc2ncc(CNC3CC3)cn2)cc1. The molecule has 1 fully saturated rings. The van der Waals surface area contributed by atoms with E-state index in [1.807, 2.05) is 0 Å². The molecule has 0 spiro atoms. The molecule has 1 heterocycles. The van der Waals surface area contributed by atoms with Crippen molar-refractivity contribution in [2.75, 3.05) is 0 Å². The number of rotatable bonds is 5. The Bertz CT molecular complexity index is 538. The number of nitrogens with one attached hydrogen (secondary N) is 1. The molecule has 3 rings (SSSR count). The molecule has 0 radical (unpaired) electrons. The Hall–Kier alpha value is -2.01. The quantitative estimate of drug-likeness (QED) is 0.896.